The van der Waals surface area contributed by atoms with Crippen LogP contribution in [0.5, 0.6) is 0 Å². The summed E-state index contributed by atoms with van der Waals surface area (Å²) in [5.41, 5.74) is 0. The minimum absolute atomic E-state index is 1.11. The molecule has 0 saturated carbocycles. The molecule has 3 unspecified atom stereocenters. The zero-order valence-electron chi connectivity index (χ0n) is 18.8. The van der Waals surface area contributed by atoms with Gasteiger partial charge in [0, 0.05) is 0 Å². The van der Waals surface area contributed by atoms with Crippen molar-refractivity contribution in [1.29, 1.82) is 0 Å². The average molecular weight is 458 g/mol. The summed E-state index contributed by atoms with van der Waals surface area (Å²) in [6, 6.07) is 0. The third-order valence-corrected chi connectivity index (χ3v) is 18.4. The van der Waals surface area contributed by atoms with Crippen LogP contribution in [0.1, 0.15) is 138 Å². The average Bonchev–Trinajstić information content (AvgIpc) is 2.59. The number of hydrogen-bond acceptors (Lipinski definition) is 0. The number of rotatable bonds is 18. The Balaban J connectivity index is 4.49. The summed E-state index contributed by atoms with van der Waals surface area (Å²) in [7, 11) is 0. The molecule has 0 amide bonds. The molecular formula is C24H51Sn+. The van der Waals surface area contributed by atoms with Crippen LogP contribution in [0.15, 0.2) is 0 Å². The van der Waals surface area contributed by atoms with Crippen LogP contribution in [0.3, 0.4) is 0 Å². The van der Waals surface area contributed by atoms with Crippen molar-refractivity contribution >= 4 is 19.8 Å². The van der Waals surface area contributed by atoms with E-state index in [-0.39, 0.29) is 0 Å². The van der Waals surface area contributed by atoms with E-state index in [1.165, 1.54) is 77.0 Å². The van der Waals surface area contributed by atoms with Crippen molar-refractivity contribution in [3.8, 4) is 0 Å². The summed E-state index contributed by atoms with van der Waals surface area (Å²) < 4.78 is 3.34. The molecule has 0 N–H and O–H groups in total. The van der Waals surface area contributed by atoms with Crippen molar-refractivity contribution in [3.63, 3.8) is 0 Å². The van der Waals surface area contributed by atoms with E-state index in [1.54, 1.807) is 19.3 Å². The summed E-state index contributed by atoms with van der Waals surface area (Å²) >= 11 is -1.34. The zero-order valence-corrected chi connectivity index (χ0v) is 21.7. The van der Waals surface area contributed by atoms with Crippen molar-refractivity contribution < 1.29 is 0 Å². The van der Waals surface area contributed by atoms with E-state index >= 15 is 0 Å². The van der Waals surface area contributed by atoms with Gasteiger partial charge in [-0.25, -0.2) is 0 Å². The van der Waals surface area contributed by atoms with Gasteiger partial charge >= 0.3 is 169 Å². The van der Waals surface area contributed by atoms with Gasteiger partial charge in [0.1, 0.15) is 0 Å². The Morgan fingerprint density at radius 2 is 0.720 bits per heavy atom. The number of hydrogen-bond donors (Lipinski definition) is 0. The Bertz CT molecular complexity index is 220. The fourth-order valence-corrected chi connectivity index (χ4v) is 17.5. The van der Waals surface area contributed by atoms with Crippen LogP contribution in [0, 0.1) is 0 Å². The molecule has 3 atom stereocenters. The van der Waals surface area contributed by atoms with E-state index in [2.05, 4.69) is 41.5 Å². The van der Waals surface area contributed by atoms with Crippen LogP contribution in [-0.2, 0) is 0 Å². The normalized spacial score (nSPS) is 15.1. The fourth-order valence-electron chi connectivity index (χ4n) is 4.59. The molecule has 0 aliphatic carbocycles. The maximum absolute atomic E-state index is 2.66. The Labute approximate surface area is 169 Å². The molecule has 0 rings (SSSR count). The van der Waals surface area contributed by atoms with Gasteiger partial charge in [-0.3, -0.25) is 0 Å². The second-order valence-electron chi connectivity index (χ2n) is 8.75. The Morgan fingerprint density at radius 3 is 0.960 bits per heavy atom. The van der Waals surface area contributed by atoms with Crippen molar-refractivity contribution in [2.75, 3.05) is 0 Å². The molecule has 150 valence electrons. The second kappa shape index (κ2) is 18.2. The summed E-state index contributed by atoms with van der Waals surface area (Å²) in [5, 5.41) is 0. The zero-order chi connectivity index (χ0) is 18.9. The first-order chi connectivity index (χ1) is 12.1. The first kappa shape index (κ1) is 25.8. The van der Waals surface area contributed by atoms with Crippen LogP contribution in [0.25, 0.3) is 0 Å². The van der Waals surface area contributed by atoms with Crippen molar-refractivity contribution in [3.05, 3.63) is 0 Å². The molecule has 0 fully saturated rings. The first-order valence-electron chi connectivity index (χ1n) is 11.9. The first-order valence-corrected chi connectivity index (χ1v) is 16.9. The summed E-state index contributed by atoms with van der Waals surface area (Å²) in [4.78, 5) is 0. The molecule has 0 heterocycles. The van der Waals surface area contributed by atoms with Crippen molar-refractivity contribution in [2.24, 2.45) is 0 Å². The summed E-state index contributed by atoms with van der Waals surface area (Å²) in [6.07, 6.45) is 22.1. The predicted molar refractivity (Wildman–Crippen MR) is 120 cm³/mol. The SMILES string of the molecule is CCCCCC[CH](C)[Sn+]([CH](C)CCCCCC)[CH](C)CCCCCC. The topological polar surface area (TPSA) is 0 Å². The van der Waals surface area contributed by atoms with Crippen molar-refractivity contribution in [2.45, 2.75) is 150 Å². The van der Waals surface area contributed by atoms with E-state index in [9.17, 15) is 0 Å². The molecule has 1 heteroatoms. The third-order valence-electron chi connectivity index (χ3n) is 6.18. The van der Waals surface area contributed by atoms with Gasteiger partial charge in [-0.15, -0.1) is 0 Å². The Morgan fingerprint density at radius 1 is 0.440 bits per heavy atom. The quantitative estimate of drug-likeness (QED) is 0.142. The van der Waals surface area contributed by atoms with Gasteiger partial charge < -0.3 is 0 Å². The molecule has 0 radical (unpaired) electrons. The van der Waals surface area contributed by atoms with E-state index < -0.39 is 19.8 Å². The van der Waals surface area contributed by atoms with Crippen LogP contribution >= 0.6 is 0 Å². The van der Waals surface area contributed by atoms with Gasteiger partial charge in [-0.1, -0.05) is 0 Å². The van der Waals surface area contributed by atoms with Gasteiger partial charge in [-0.05, 0) is 0 Å². The van der Waals surface area contributed by atoms with Gasteiger partial charge in [0.15, 0.2) is 0 Å². The van der Waals surface area contributed by atoms with Crippen LogP contribution in [0.4, 0.5) is 0 Å². The summed E-state index contributed by atoms with van der Waals surface area (Å²) in [6.45, 7) is 15.0. The predicted octanol–water partition coefficient (Wildman–Crippen LogP) is 9.56. The second-order valence-corrected chi connectivity index (χ2v) is 20.0. The maximum atomic E-state index is 2.66. The minimum atomic E-state index is -1.34. The fraction of sp³-hybridized carbons (Fsp3) is 1.00. The van der Waals surface area contributed by atoms with E-state index in [0.717, 1.165) is 11.8 Å². The van der Waals surface area contributed by atoms with Gasteiger partial charge in [0.2, 0.25) is 0 Å². The van der Waals surface area contributed by atoms with Crippen LogP contribution in [0.2, 0.25) is 11.8 Å². The Hall–Kier alpha value is 0.799. The molecule has 0 aromatic rings. The molecule has 0 saturated heterocycles. The molecule has 0 spiro atoms. The third kappa shape index (κ3) is 13.6. The standard InChI is InChI=1S/3C8H17.Sn/c3*1-3-5-7-8-6-4-2;/h3*3H,4-8H2,1-2H3;/q;;;+1. The van der Waals surface area contributed by atoms with Crippen LogP contribution < -0.4 is 0 Å². The van der Waals surface area contributed by atoms with Gasteiger partial charge in [-0.2, -0.15) is 0 Å². The van der Waals surface area contributed by atoms with Crippen molar-refractivity contribution in [1.82, 2.24) is 0 Å². The molecule has 0 aromatic carbocycles. The molecule has 0 aromatic heterocycles. The molecular weight excluding hydrogens is 407 g/mol. The molecule has 0 nitrogen and oxygen atoms in total. The van der Waals surface area contributed by atoms with Gasteiger partial charge in [0.25, 0.3) is 0 Å². The van der Waals surface area contributed by atoms with E-state index in [4.69, 9.17) is 0 Å². The van der Waals surface area contributed by atoms with Gasteiger partial charge in [0.05, 0.1) is 0 Å². The number of unbranched alkanes of at least 4 members (excludes halogenated alkanes) is 9. The Kier molecular flexibility index (Phi) is 18.8. The molecule has 25 heavy (non-hydrogen) atoms. The summed E-state index contributed by atoms with van der Waals surface area (Å²) in [5.74, 6) is 0. The molecule has 0 aliphatic rings. The molecule has 0 aliphatic heterocycles. The molecule has 0 bridgehead atoms. The van der Waals surface area contributed by atoms with E-state index in [0.29, 0.717) is 0 Å². The monoisotopic (exact) mass is 459 g/mol. The van der Waals surface area contributed by atoms with Crippen LogP contribution in [-0.4, -0.2) is 19.8 Å². The van der Waals surface area contributed by atoms with E-state index in [1.807, 2.05) is 0 Å².